The maximum atomic E-state index is 13.3. The number of ketones is 1. The first-order chi connectivity index (χ1) is 13.6. The highest BCUT2D eigenvalue weighted by Gasteiger charge is 2.32. The summed E-state index contributed by atoms with van der Waals surface area (Å²) in [5.74, 6) is -0.0421. The first-order valence-corrected chi connectivity index (χ1v) is 9.87. The van der Waals surface area contributed by atoms with Crippen LogP contribution in [0.25, 0.3) is 0 Å². The maximum absolute atomic E-state index is 13.3. The Bertz CT molecular complexity index is 878. The number of ether oxygens (including phenoxy) is 1. The predicted octanol–water partition coefficient (Wildman–Crippen LogP) is 2.03. The zero-order valence-corrected chi connectivity index (χ0v) is 16.6. The molecule has 2 aromatic rings. The van der Waals surface area contributed by atoms with Crippen LogP contribution in [0.5, 0.6) is 0 Å². The van der Waals surface area contributed by atoms with Gasteiger partial charge in [-0.25, -0.2) is 4.79 Å². The summed E-state index contributed by atoms with van der Waals surface area (Å²) < 4.78 is 5.18. The molecule has 1 aliphatic rings. The molecule has 28 heavy (non-hydrogen) atoms. The van der Waals surface area contributed by atoms with Gasteiger partial charge in [0.1, 0.15) is 5.92 Å². The van der Waals surface area contributed by atoms with E-state index in [-0.39, 0.29) is 11.8 Å². The molecule has 1 heterocycles. The molecule has 0 spiro atoms. The lowest BCUT2D eigenvalue weighted by molar-refractivity contribution is -0.466. The van der Waals surface area contributed by atoms with Gasteiger partial charge >= 0.3 is 5.97 Å². The van der Waals surface area contributed by atoms with Gasteiger partial charge in [0.15, 0.2) is 5.78 Å². The van der Waals surface area contributed by atoms with Crippen LogP contribution in [-0.2, 0) is 11.2 Å². The molecule has 0 saturated heterocycles. The van der Waals surface area contributed by atoms with Crippen LogP contribution >= 0.6 is 11.6 Å². The van der Waals surface area contributed by atoms with Crippen LogP contribution in [-0.4, -0.2) is 37.3 Å². The number of rotatable bonds is 7. The van der Waals surface area contributed by atoms with Gasteiger partial charge in [-0.3, -0.25) is 15.1 Å². The fourth-order valence-corrected chi connectivity index (χ4v) is 3.44. The molecule has 0 bridgehead atoms. The zero-order valence-electron chi connectivity index (χ0n) is 15.8. The molecule has 2 aromatic carbocycles. The van der Waals surface area contributed by atoms with Crippen molar-refractivity contribution in [1.29, 1.82) is 0 Å². The van der Waals surface area contributed by atoms with Crippen molar-refractivity contribution in [2.75, 3.05) is 19.7 Å². The number of esters is 1. The molecule has 1 aliphatic heterocycles. The van der Waals surface area contributed by atoms with Crippen molar-refractivity contribution >= 4 is 29.2 Å². The third-order valence-corrected chi connectivity index (χ3v) is 4.97. The lowest BCUT2D eigenvalue weighted by atomic mass is 9.88. The molecule has 2 N–H and O–H groups in total. The van der Waals surface area contributed by atoms with E-state index in [0.717, 1.165) is 30.9 Å². The summed E-state index contributed by atoms with van der Waals surface area (Å²) in [6, 6.07) is 14.2. The molecule has 0 aliphatic carbocycles. The SMILES string of the molecule is CCOC(=O)c1ccccc1CC(C(=O)c1ccc(Cl)cc1)C1=[NH+]CCCN1. The predicted molar refractivity (Wildman–Crippen MR) is 109 cm³/mol. The largest absolute Gasteiger partial charge is 0.462 e. The lowest BCUT2D eigenvalue weighted by Crippen LogP contribution is -2.81. The molecule has 0 fully saturated rings. The summed E-state index contributed by atoms with van der Waals surface area (Å²) in [6.45, 7) is 3.71. The van der Waals surface area contributed by atoms with Gasteiger partial charge in [0.2, 0.25) is 0 Å². The molecule has 0 saturated carbocycles. The number of hydrogen-bond acceptors (Lipinski definition) is 4. The van der Waals surface area contributed by atoms with Crippen LogP contribution in [0.3, 0.4) is 0 Å². The van der Waals surface area contributed by atoms with Gasteiger partial charge in [-0.1, -0.05) is 29.8 Å². The second kappa shape index (κ2) is 9.51. The number of Topliss-reactive ketones (excluding diaryl/α,β-unsaturated/α-hetero) is 1. The third-order valence-electron chi connectivity index (χ3n) is 4.71. The number of carbonyl (C=O) groups is 2. The average Bonchev–Trinajstić information content (AvgIpc) is 2.73. The van der Waals surface area contributed by atoms with Gasteiger partial charge in [-0.2, -0.15) is 0 Å². The van der Waals surface area contributed by atoms with Crippen LogP contribution in [0.2, 0.25) is 5.02 Å². The molecule has 1 unspecified atom stereocenters. The Hall–Kier alpha value is -2.66. The molecule has 5 nitrogen and oxygen atoms in total. The summed E-state index contributed by atoms with van der Waals surface area (Å²) in [6.07, 6.45) is 1.39. The number of carbonyl (C=O) groups excluding carboxylic acids is 2. The van der Waals surface area contributed by atoms with E-state index in [1.165, 1.54) is 0 Å². The topological polar surface area (TPSA) is 69.4 Å². The van der Waals surface area contributed by atoms with Gasteiger partial charge in [-0.15, -0.1) is 0 Å². The van der Waals surface area contributed by atoms with E-state index < -0.39 is 5.92 Å². The van der Waals surface area contributed by atoms with E-state index in [0.29, 0.717) is 29.2 Å². The average molecular weight is 400 g/mol. The Morgan fingerprint density at radius 3 is 2.61 bits per heavy atom. The van der Waals surface area contributed by atoms with E-state index in [4.69, 9.17) is 16.3 Å². The summed E-state index contributed by atoms with van der Waals surface area (Å²) in [7, 11) is 0. The van der Waals surface area contributed by atoms with Gasteiger partial charge in [0.25, 0.3) is 5.84 Å². The molecule has 1 atom stereocenters. The Morgan fingerprint density at radius 1 is 1.18 bits per heavy atom. The van der Waals surface area contributed by atoms with Crippen molar-refractivity contribution < 1.29 is 19.3 Å². The highest BCUT2D eigenvalue weighted by Crippen LogP contribution is 2.20. The number of nitrogens with one attached hydrogen (secondary N) is 2. The minimum absolute atomic E-state index is 0.0211. The number of amidine groups is 1. The van der Waals surface area contributed by atoms with Gasteiger partial charge < -0.3 is 4.74 Å². The molecule has 0 radical (unpaired) electrons. The standard InChI is InChI=1S/C22H23ClN2O3/c1-2-28-22(27)18-7-4-3-6-16(18)14-19(21-24-12-5-13-25-21)20(26)15-8-10-17(23)11-9-15/h3-4,6-11,19H,2,5,12-14H2,1H3,(H,24,25)/p+1. The monoisotopic (exact) mass is 399 g/mol. The zero-order chi connectivity index (χ0) is 19.9. The summed E-state index contributed by atoms with van der Waals surface area (Å²) in [5.41, 5.74) is 1.87. The smallest absolute Gasteiger partial charge is 0.338 e. The minimum Gasteiger partial charge on any atom is -0.462 e. The van der Waals surface area contributed by atoms with Crippen molar-refractivity contribution in [3.8, 4) is 0 Å². The molecular weight excluding hydrogens is 376 g/mol. The summed E-state index contributed by atoms with van der Waals surface area (Å²) in [4.78, 5) is 29.0. The van der Waals surface area contributed by atoms with Gasteiger partial charge in [-0.05, 0) is 49.2 Å². The second-order valence-corrected chi connectivity index (χ2v) is 7.06. The van der Waals surface area contributed by atoms with E-state index in [1.54, 1.807) is 43.3 Å². The van der Waals surface area contributed by atoms with Crippen LogP contribution in [0.15, 0.2) is 48.5 Å². The van der Waals surface area contributed by atoms with E-state index >= 15 is 0 Å². The van der Waals surface area contributed by atoms with Crippen LogP contribution in [0.4, 0.5) is 0 Å². The molecule has 3 rings (SSSR count). The Kier molecular flexibility index (Phi) is 6.82. The second-order valence-electron chi connectivity index (χ2n) is 6.63. The van der Waals surface area contributed by atoms with Crippen molar-refractivity contribution in [3.63, 3.8) is 0 Å². The van der Waals surface area contributed by atoms with E-state index in [9.17, 15) is 9.59 Å². The minimum atomic E-state index is -0.447. The van der Waals surface area contributed by atoms with Crippen molar-refractivity contribution in [2.24, 2.45) is 5.92 Å². The molecular formula is C22H24ClN2O3+. The van der Waals surface area contributed by atoms with Crippen molar-refractivity contribution in [1.82, 2.24) is 5.32 Å². The van der Waals surface area contributed by atoms with Crippen LogP contribution < -0.4 is 10.3 Å². The normalized spacial score (nSPS) is 14.6. The van der Waals surface area contributed by atoms with E-state index in [1.807, 2.05) is 12.1 Å². The van der Waals surface area contributed by atoms with Gasteiger partial charge in [0, 0.05) is 17.0 Å². The summed E-state index contributed by atoms with van der Waals surface area (Å²) >= 11 is 5.97. The number of benzene rings is 2. The first kappa shape index (κ1) is 20.1. The molecule has 6 heteroatoms. The lowest BCUT2D eigenvalue weighted by Gasteiger charge is -2.19. The highest BCUT2D eigenvalue weighted by atomic mass is 35.5. The Morgan fingerprint density at radius 2 is 1.93 bits per heavy atom. The van der Waals surface area contributed by atoms with Gasteiger partial charge in [0.05, 0.1) is 25.3 Å². The quantitative estimate of drug-likeness (QED) is 0.552. The Balaban J connectivity index is 1.94. The maximum Gasteiger partial charge on any atom is 0.338 e. The highest BCUT2D eigenvalue weighted by molar-refractivity contribution is 6.30. The van der Waals surface area contributed by atoms with Crippen molar-refractivity contribution in [3.05, 3.63) is 70.2 Å². The third kappa shape index (κ3) is 4.78. The van der Waals surface area contributed by atoms with Crippen LogP contribution in [0, 0.1) is 5.92 Å². The summed E-state index contributed by atoms with van der Waals surface area (Å²) in [5, 5.41) is 3.90. The molecule has 146 valence electrons. The first-order valence-electron chi connectivity index (χ1n) is 9.49. The number of halogens is 1. The fraction of sp³-hybridized carbons (Fsp3) is 0.318. The Labute approximate surface area is 169 Å². The molecule has 0 aromatic heterocycles. The van der Waals surface area contributed by atoms with E-state index in [2.05, 4.69) is 10.3 Å². The number of hydrogen-bond donors (Lipinski definition) is 2. The van der Waals surface area contributed by atoms with Crippen LogP contribution in [0.1, 0.15) is 39.6 Å². The fourth-order valence-electron chi connectivity index (χ4n) is 3.31. The molecule has 0 amide bonds. The van der Waals surface area contributed by atoms with Crippen molar-refractivity contribution in [2.45, 2.75) is 19.8 Å².